The van der Waals surface area contributed by atoms with Crippen molar-refractivity contribution < 1.29 is 9.90 Å². The van der Waals surface area contributed by atoms with Gasteiger partial charge in [-0.3, -0.25) is 9.69 Å². The van der Waals surface area contributed by atoms with Crippen LogP contribution in [0.1, 0.15) is 45.4 Å². The molecule has 19 heavy (non-hydrogen) atoms. The second-order valence-electron chi connectivity index (χ2n) is 6.62. The van der Waals surface area contributed by atoms with Gasteiger partial charge >= 0.3 is 0 Å². The maximum Gasteiger partial charge on any atom is 0.237 e. The second kappa shape index (κ2) is 5.41. The summed E-state index contributed by atoms with van der Waals surface area (Å²) in [5.74, 6) is 1.08. The van der Waals surface area contributed by atoms with E-state index >= 15 is 0 Å². The van der Waals surface area contributed by atoms with Gasteiger partial charge in [-0.1, -0.05) is 0 Å². The van der Waals surface area contributed by atoms with E-state index in [1.165, 1.54) is 25.7 Å². The summed E-state index contributed by atoms with van der Waals surface area (Å²) < 4.78 is 0. The number of hydrogen-bond acceptors (Lipinski definition) is 3. The Kier molecular flexibility index (Phi) is 3.81. The molecule has 3 fully saturated rings. The van der Waals surface area contributed by atoms with E-state index in [1.807, 2.05) is 0 Å². The molecule has 0 spiro atoms. The van der Waals surface area contributed by atoms with Crippen LogP contribution >= 0.6 is 0 Å². The Labute approximate surface area is 115 Å². The van der Waals surface area contributed by atoms with Crippen molar-refractivity contribution in [1.82, 2.24) is 9.80 Å². The number of likely N-dealkylation sites (tertiary alicyclic amines) is 1. The molecule has 0 radical (unpaired) electrons. The molecule has 3 rings (SSSR count). The van der Waals surface area contributed by atoms with Gasteiger partial charge in [0.15, 0.2) is 0 Å². The van der Waals surface area contributed by atoms with E-state index in [4.69, 9.17) is 0 Å². The molecule has 1 N–H and O–H groups in total. The molecule has 2 aliphatic carbocycles. The van der Waals surface area contributed by atoms with E-state index in [0.29, 0.717) is 24.5 Å². The van der Waals surface area contributed by atoms with Crippen LogP contribution in [-0.4, -0.2) is 58.6 Å². The van der Waals surface area contributed by atoms with Gasteiger partial charge in [-0.2, -0.15) is 0 Å². The van der Waals surface area contributed by atoms with Gasteiger partial charge in [0.2, 0.25) is 5.91 Å². The van der Waals surface area contributed by atoms with Crippen LogP contribution in [0.5, 0.6) is 0 Å². The molecule has 4 heteroatoms. The molecule has 0 aromatic heterocycles. The number of aliphatic hydroxyl groups excluding tert-OH is 1. The number of aliphatic hydroxyl groups is 1. The predicted molar refractivity (Wildman–Crippen MR) is 73.7 cm³/mol. The van der Waals surface area contributed by atoms with Gasteiger partial charge in [0, 0.05) is 25.2 Å². The first-order chi connectivity index (χ1) is 9.15. The topological polar surface area (TPSA) is 43.8 Å². The molecular weight excluding hydrogens is 240 g/mol. The van der Waals surface area contributed by atoms with E-state index in [1.54, 1.807) is 0 Å². The average Bonchev–Trinajstić information content (AvgIpc) is 3.26. The van der Waals surface area contributed by atoms with Crippen LogP contribution < -0.4 is 0 Å². The Morgan fingerprint density at radius 1 is 1.21 bits per heavy atom. The smallest absolute Gasteiger partial charge is 0.237 e. The van der Waals surface area contributed by atoms with Crippen molar-refractivity contribution in [1.29, 1.82) is 0 Å². The van der Waals surface area contributed by atoms with Crippen LogP contribution in [-0.2, 0) is 4.79 Å². The molecule has 0 aromatic carbocycles. The van der Waals surface area contributed by atoms with E-state index in [0.717, 1.165) is 31.8 Å². The summed E-state index contributed by atoms with van der Waals surface area (Å²) in [6, 6.07) is 0.967. The van der Waals surface area contributed by atoms with Gasteiger partial charge < -0.3 is 10.0 Å². The van der Waals surface area contributed by atoms with Crippen LogP contribution in [0, 0.1) is 5.92 Å². The minimum Gasteiger partial charge on any atom is -0.393 e. The lowest BCUT2D eigenvalue weighted by molar-refractivity contribution is -0.136. The quantitative estimate of drug-likeness (QED) is 0.814. The van der Waals surface area contributed by atoms with Crippen molar-refractivity contribution in [3.8, 4) is 0 Å². The maximum atomic E-state index is 12.6. The van der Waals surface area contributed by atoms with Crippen molar-refractivity contribution in [2.45, 2.75) is 63.6 Å². The molecule has 4 nitrogen and oxygen atoms in total. The van der Waals surface area contributed by atoms with Crippen molar-refractivity contribution in [3.63, 3.8) is 0 Å². The summed E-state index contributed by atoms with van der Waals surface area (Å²) in [4.78, 5) is 17.0. The SMILES string of the molecule is CC(C1CC1)N(C(=O)CN1CCC(O)CC1)C1CC1. The third-order valence-electron chi connectivity index (χ3n) is 4.89. The number of carbonyl (C=O) groups excluding carboxylic acids is 1. The molecule has 3 aliphatic rings. The minimum absolute atomic E-state index is 0.156. The largest absolute Gasteiger partial charge is 0.393 e. The highest BCUT2D eigenvalue weighted by Crippen LogP contribution is 2.39. The lowest BCUT2D eigenvalue weighted by atomic mass is 10.1. The number of amides is 1. The first-order valence-electron chi connectivity index (χ1n) is 7.86. The van der Waals surface area contributed by atoms with Crippen molar-refractivity contribution in [2.75, 3.05) is 19.6 Å². The fourth-order valence-corrected chi connectivity index (χ4v) is 3.27. The summed E-state index contributed by atoms with van der Waals surface area (Å²) in [5.41, 5.74) is 0. The zero-order valence-electron chi connectivity index (χ0n) is 11.9. The Morgan fingerprint density at radius 3 is 2.37 bits per heavy atom. The Bertz CT molecular complexity index is 331. The molecule has 108 valence electrons. The van der Waals surface area contributed by atoms with E-state index in [2.05, 4.69) is 16.7 Å². The summed E-state index contributed by atoms with van der Waals surface area (Å²) in [7, 11) is 0. The van der Waals surface area contributed by atoms with Gasteiger partial charge in [-0.25, -0.2) is 0 Å². The van der Waals surface area contributed by atoms with E-state index < -0.39 is 0 Å². The first kappa shape index (κ1) is 13.4. The first-order valence-corrected chi connectivity index (χ1v) is 7.86. The van der Waals surface area contributed by atoms with Crippen LogP contribution in [0.4, 0.5) is 0 Å². The third-order valence-corrected chi connectivity index (χ3v) is 4.89. The second-order valence-corrected chi connectivity index (χ2v) is 6.62. The molecule has 1 atom stereocenters. The van der Waals surface area contributed by atoms with E-state index in [-0.39, 0.29) is 6.10 Å². The van der Waals surface area contributed by atoms with Crippen molar-refractivity contribution in [2.24, 2.45) is 5.92 Å². The number of piperidine rings is 1. The number of hydrogen-bond donors (Lipinski definition) is 1. The maximum absolute atomic E-state index is 12.6. The lowest BCUT2D eigenvalue weighted by Crippen LogP contribution is -2.48. The van der Waals surface area contributed by atoms with Crippen molar-refractivity contribution in [3.05, 3.63) is 0 Å². The number of nitrogens with zero attached hydrogens (tertiary/aromatic N) is 2. The molecule has 0 bridgehead atoms. The van der Waals surface area contributed by atoms with Crippen LogP contribution in [0.25, 0.3) is 0 Å². The summed E-state index contributed by atoms with van der Waals surface area (Å²) in [6.07, 6.45) is 6.46. The molecule has 2 saturated carbocycles. The van der Waals surface area contributed by atoms with E-state index in [9.17, 15) is 9.90 Å². The summed E-state index contributed by atoms with van der Waals surface area (Å²) >= 11 is 0. The molecule has 0 aromatic rings. The number of rotatable bonds is 5. The van der Waals surface area contributed by atoms with Crippen LogP contribution in [0.15, 0.2) is 0 Å². The fraction of sp³-hybridized carbons (Fsp3) is 0.933. The molecular formula is C15H26N2O2. The highest BCUT2D eigenvalue weighted by atomic mass is 16.3. The van der Waals surface area contributed by atoms with Gasteiger partial charge in [0.25, 0.3) is 0 Å². The van der Waals surface area contributed by atoms with Gasteiger partial charge in [-0.05, 0) is 51.4 Å². The Morgan fingerprint density at radius 2 is 1.84 bits per heavy atom. The zero-order valence-corrected chi connectivity index (χ0v) is 11.9. The molecule has 1 saturated heterocycles. The fourth-order valence-electron chi connectivity index (χ4n) is 3.27. The lowest BCUT2D eigenvalue weighted by Gasteiger charge is -2.34. The van der Waals surface area contributed by atoms with Crippen molar-refractivity contribution >= 4 is 5.91 Å². The van der Waals surface area contributed by atoms with Crippen LogP contribution in [0.3, 0.4) is 0 Å². The normalized spacial score (nSPS) is 27.3. The third kappa shape index (κ3) is 3.29. The molecule has 1 aliphatic heterocycles. The predicted octanol–water partition coefficient (Wildman–Crippen LogP) is 1.23. The summed E-state index contributed by atoms with van der Waals surface area (Å²) in [5, 5.41) is 9.52. The Balaban J connectivity index is 1.54. The molecule has 1 unspecified atom stereocenters. The van der Waals surface area contributed by atoms with Gasteiger partial charge in [-0.15, -0.1) is 0 Å². The molecule has 1 amide bonds. The molecule has 1 heterocycles. The minimum atomic E-state index is -0.156. The van der Waals surface area contributed by atoms with Crippen LogP contribution in [0.2, 0.25) is 0 Å². The van der Waals surface area contributed by atoms with Gasteiger partial charge in [0.1, 0.15) is 0 Å². The Hall–Kier alpha value is -0.610. The number of carbonyl (C=O) groups is 1. The standard InChI is InChI=1S/C15H26N2O2/c1-11(12-2-3-12)17(13-4-5-13)15(19)10-16-8-6-14(18)7-9-16/h11-14,18H,2-10H2,1H3. The summed E-state index contributed by atoms with van der Waals surface area (Å²) in [6.45, 7) is 4.51. The highest BCUT2D eigenvalue weighted by Gasteiger charge is 2.41. The highest BCUT2D eigenvalue weighted by molar-refractivity contribution is 5.79. The monoisotopic (exact) mass is 266 g/mol. The zero-order chi connectivity index (χ0) is 13.4. The van der Waals surface area contributed by atoms with Gasteiger partial charge in [0.05, 0.1) is 12.6 Å². The average molecular weight is 266 g/mol.